The van der Waals surface area contributed by atoms with Gasteiger partial charge in [-0.2, -0.15) is 0 Å². The van der Waals surface area contributed by atoms with Crippen LogP contribution in [-0.4, -0.2) is 19.9 Å². The second-order valence-corrected chi connectivity index (χ2v) is 5.91. The molecule has 0 spiro atoms. The molecule has 0 aromatic carbocycles. The Morgan fingerprint density at radius 3 is 0.931 bits per heavy atom. The summed E-state index contributed by atoms with van der Waals surface area (Å²) in [4.78, 5) is 16.0. The van der Waals surface area contributed by atoms with Crippen molar-refractivity contribution in [1.82, 2.24) is 19.9 Å². The Labute approximate surface area is 205 Å². The molecule has 0 saturated heterocycles. The second-order valence-electron chi connectivity index (χ2n) is 5.91. The van der Waals surface area contributed by atoms with E-state index in [1.165, 1.54) is 0 Å². The van der Waals surface area contributed by atoms with Gasteiger partial charge in [-0.05, 0) is 72.8 Å². The van der Waals surface area contributed by atoms with E-state index >= 15 is 0 Å². The minimum Gasteiger partial charge on any atom is -0.355 e. The van der Waals surface area contributed by atoms with Crippen molar-refractivity contribution in [2.24, 2.45) is 0 Å². The number of nitrogens with zero attached hydrogens (tertiary/aromatic N) is 2. The molecular formula is C20H18Cl4N4Zn. The van der Waals surface area contributed by atoms with Gasteiger partial charge >= 0.3 is 0 Å². The summed E-state index contributed by atoms with van der Waals surface area (Å²) in [6, 6.07) is 16.4. The molecule has 5 heterocycles. The van der Waals surface area contributed by atoms with Crippen LogP contribution in [0.2, 0.25) is 0 Å². The molecule has 0 atom stereocenters. The van der Waals surface area contributed by atoms with Crippen molar-refractivity contribution < 1.29 is 19.5 Å². The summed E-state index contributed by atoms with van der Waals surface area (Å²) in [6.45, 7) is 0. The SMILES string of the molecule is C1=Cc2cc3ccc(cc4nc(cc5ccc(cc1n2)[nH]5)C=C4)[nH]3.Cl.Cl.Cl.Cl.[Zn]. The first-order valence-corrected chi connectivity index (χ1v) is 7.85. The van der Waals surface area contributed by atoms with Crippen molar-refractivity contribution in [1.29, 1.82) is 0 Å². The minimum atomic E-state index is 0. The van der Waals surface area contributed by atoms with Gasteiger partial charge in [0.15, 0.2) is 0 Å². The fourth-order valence-corrected chi connectivity index (χ4v) is 2.94. The van der Waals surface area contributed by atoms with Crippen molar-refractivity contribution in [2.75, 3.05) is 0 Å². The van der Waals surface area contributed by atoms with E-state index in [0.717, 1.165) is 44.8 Å². The molecule has 2 N–H and O–H groups in total. The molecule has 0 unspecified atom stereocenters. The van der Waals surface area contributed by atoms with Gasteiger partial charge in [0, 0.05) is 41.5 Å². The second kappa shape index (κ2) is 11.5. The summed E-state index contributed by atoms with van der Waals surface area (Å²) in [5.41, 5.74) is 7.86. The average Bonchev–Trinajstić information content (AvgIpc) is 3.32. The number of H-pyrrole nitrogens is 2. The fraction of sp³-hybridized carbons (Fsp3) is 0. The van der Waals surface area contributed by atoms with Gasteiger partial charge in [-0.3, -0.25) is 0 Å². The van der Waals surface area contributed by atoms with Crippen molar-refractivity contribution in [3.63, 3.8) is 0 Å². The normalized spacial score (nSPS) is 10.5. The van der Waals surface area contributed by atoms with Gasteiger partial charge in [0.05, 0.1) is 22.8 Å². The van der Waals surface area contributed by atoms with Gasteiger partial charge < -0.3 is 9.97 Å². The van der Waals surface area contributed by atoms with E-state index in [-0.39, 0.29) is 69.1 Å². The molecule has 0 amide bonds. The Kier molecular flexibility index (Phi) is 10.9. The van der Waals surface area contributed by atoms with Gasteiger partial charge in [-0.1, -0.05) is 0 Å². The third-order valence-corrected chi connectivity index (χ3v) is 4.04. The first kappa shape index (κ1) is 27.4. The summed E-state index contributed by atoms with van der Waals surface area (Å²) in [7, 11) is 0. The number of nitrogens with one attached hydrogen (secondary N) is 2. The summed E-state index contributed by atoms with van der Waals surface area (Å²) >= 11 is 0. The molecule has 9 heteroatoms. The maximum atomic E-state index is 4.63. The van der Waals surface area contributed by atoms with Gasteiger partial charge in [0.1, 0.15) is 0 Å². The Morgan fingerprint density at radius 2 is 0.690 bits per heavy atom. The summed E-state index contributed by atoms with van der Waals surface area (Å²) in [5.74, 6) is 0. The van der Waals surface area contributed by atoms with E-state index in [2.05, 4.69) is 44.2 Å². The molecule has 8 bridgehead atoms. The maximum Gasteiger partial charge on any atom is 0.0658 e. The van der Waals surface area contributed by atoms with Crippen molar-refractivity contribution in [3.05, 3.63) is 71.3 Å². The third kappa shape index (κ3) is 6.18. The van der Waals surface area contributed by atoms with E-state index < -0.39 is 0 Å². The van der Waals surface area contributed by atoms with Gasteiger partial charge in [-0.25, -0.2) is 9.97 Å². The topological polar surface area (TPSA) is 57.4 Å². The first-order chi connectivity index (χ1) is 11.8. The predicted molar refractivity (Wildman–Crippen MR) is 128 cm³/mol. The summed E-state index contributed by atoms with van der Waals surface area (Å²) < 4.78 is 0. The maximum absolute atomic E-state index is 4.63. The molecule has 5 rings (SSSR count). The molecule has 2 aliphatic rings. The molecule has 0 aliphatic carbocycles. The van der Waals surface area contributed by atoms with E-state index in [0.29, 0.717) is 0 Å². The van der Waals surface area contributed by atoms with Crippen LogP contribution in [0.25, 0.3) is 46.4 Å². The predicted octanol–water partition coefficient (Wildman–Crippen LogP) is 6.34. The molecule has 0 fully saturated rings. The van der Waals surface area contributed by atoms with Crippen LogP contribution < -0.4 is 0 Å². The number of halogens is 4. The Hall–Kier alpha value is -1.62. The average molecular weight is 522 g/mol. The first-order valence-electron chi connectivity index (χ1n) is 7.85. The van der Waals surface area contributed by atoms with Crippen LogP contribution in [-0.2, 0) is 19.5 Å². The molecule has 2 aliphatic heterocycles. The molecular weight excluding hydrogens is 503 g/mol. The van der Waals surface area contributed by atoms with Crippen LogP contribution in [0.1, 0.15) is 22.8 Å². The summed E-state index contributed by atoms with van der Waals surface area (Å²) in [6.07, 6.45) is 8.09. The Bertz CT molecular complexity index is 1010. The van der Waals surface area contributed by atoms with Crippen LogP contribution in [0.3, 0.4) is 0 Å². The number of aromatic amines is 2. The Balaban J connectivity index is 0.00000157. The van der Waals surface area contributed by atoms with Crippen LogP contribution in [0.4, 0.5) is 0 Å². The van der Waals surface area contributed by atoms with Gasteiger partial charge in [0.2, 0.25) is 0 Å². The van der Waals surface area contributed by atoms with Gasteiger partial charge in [0.25, 0.3) is 0 Å². The zero-order valence-electron chi connectivity index (χ0n) is 15.2. The molecule has 29 heavy (non-hydrogen) atoms. The number of fused-ring (bicyclic) bond motifs is 8. The number of rotatable bonds is 0. The minimum absolute atomic E-state index is 0. The van der Waals surface area contributed by atoms with E-state index in [9.17, 15) is 0 Å². The van der Waals surface area contributed by atoms with Crippen LogP contribution in [0.5, 0.6) is 0 Å². The smallest absolute Gasteiger partial charge is 0.0658 e. The van der Waals surface area contributed by atoms with Crippen molar-refractivity contribution in [3.8, 4) is 0 Å². The molecule has 0 radical (unpaired) electrons. The third-order valence-electron chi connectivity index (χ3n) is 4.04. The van der Waals surface area contributed by atoms with E-state index in [1.54, 1.807) is 0 Å². The number of hydrogen-bond acceptors (Lipinski definition) is 2. The molecule has 148 valence electrons. The molecule has 4 nitrogen and oxygen atoms in total. The van der Waals surface area contributed by atoms with E-state index in [1.807, 2.05) is 48.6 Å². The van der Waals surface area contributed by atoms with E-state index in [4.69, 9.17) is 0 Å². The Morgan fingerprint density at radius 1 is 0.448 bits per heavy atom. The van der Waals surface area contributed by atoms with Crippen molar-refractivity contribution in [2.45, 2.75) is 0 Å². The number of aromatic nitrogens is 4. The summed E-state index contributed by atoms with van der Waals surface area (Å²) in [5, 5.41) is 0. The van der Waals surface area contributed by atoms with Crippen LogP contribution >= 0.6 is 49.6 Å². The molecule has 3 aromatic heterocycles. The van der Waals surface area contributed by atoms with Crippen LogP contribution in [0, 0.1) is 0 Å². The fourth-order valence-electron chi connectivity index (χ4n) is 2.94. The van der Waals surface area contributed by atoms with Crippen LogP contribution in [0.15, 0.2) is 48.5 Å². The van der Waals surface area contributed by atoms with Gasteiger partial charge in [-0.15, -0.1) is 49.6 Å². The monoisotopic (exact) mass is 518 g/mol. The largest absolute Gasteiger partial charge is 0.355 e. The standard InChI is InChI=1S/C20H14N4.4ClH.Zn/c1-2-14-10-16-5-6-18(23-16)12-20-8-7-19(24-20)11-17-4-3-15(22-17)9-13(1)21-14;;;;;/h1-12,21,24H;4*1H;. The van der Waals surface area contributed by atoms with Crippen molar-refractivity contribution >= 4 is 96.0 Å². The number of hydrogen-bond donors (Lipinski definition) is 2. The quantitative estimate of drug-likeness (QED) is 0.234. The molecule has 3 aromatic rings. The zero-order valence-corrected chi connectivity index (χ0v) is 21.4. The molecule has 0 saturated carbocycles. The zero-order chi connectivity index (χ0) is 15.9.